The summed E-state index contributed by atoms with van der Waals surface area (Å²) in [5, 5.41) is 2.24. The van der Waals surface area contributed by atoms with Gasteiger partial charge in [-0.15, -0.1) is 11.6 Å². The smallest absolute Gasteiger partial charge is 0.230 e. The zero-order valence-corrected chi connectivity index (χ0v) is 7.59. The SMILES string of the molecule is [2H]C([2H])(Cl)c1sc(NC(C)=O)nc1F. The number of rotatable bonds is 2. The number of carbonyl (C=O) groups is 1. The number of alkyl halides is 1. The van der Waals surface area contributed by atoms with E-state index < -0.39 is 17.7 Å². The Morgan fingerprint density at radius 3 is 3.08 bits per heavy atom. The van der Waals surface area contributed by atoms with Crippen LogP contribution in [0.2, 0.25) is 0 Å². The first-order valence-electron chi connectivity index (χ1n) is 3.94. The van der Waals surface area contributed by atoms with E-state index in [1.807, 2.05) is 0 Å². The van der Waals surface area contributed by atoms with Crippen LogP contribution in [-0.4, -0.2) is 10.9 Å². The molecule has 1 aromatic heterocycles. The van der Waals surface area contributed by atoms with E-state index in [1.54, 1.807) is 0 Å². The summed E-state index contributed by atoms with van der Waals surface area (Å²) >= 11 is 5.93. The van der Waals surface area contributed by atoms with Crippen molar-refractivity contribution in [2.75, 3.05) is 5.32 Å². The fourth-order valence-corrected chi connectivity index (χ4v) is 1.44. The van der Waals surface area contributed by atoms with Gasteiger partial charge in [0.1, 0.15) is 0 Å². The van der Waals surface area contributed by atoms with E-state index in [-0.39, 0.29) is 10.0 Å². The molecule has 0 saturated carbocycles. The molecule has 0 fully saturated rings. The highest BCUT2D eigenvalue weighted by Gasteiger charge is 2.09. The highest BCUT2D eigenvalue weighted by molar-refractivity contribution is 7.15. The van der Waals surface area contributed by atoms with Crippen molar-refractivity contribution in [3.8, 4) is 0 Å². The van der Waals surface area contributed by atoms with Crippen LogP contribution in [0, 0.1) is 5.95 Å². The minimum Gasteiger partial charge on any atom is -0.302 e. The summed E-state index contributed by atoms with van der Waals surface area (Å²) in [5.41, 5.74) is 0. The molecule has 0 saturated heterocycles. The summed E-state index contributed by atoms with van der Waals surface area (Å²) in [6.07, 6.45) is 0. The normalized spacial score (nSPS) is 13.6. The minimum atomic E-state index is -2.31. The average Bonchev–Trinajstić information content (AvgIpc) is 2.27. The first-order chi connectivity index (χ1) is 6.30. The van der Waals surface area contributed by atoms with Crippen LogP contribution in [-0.2, 0) is 10.6 Å². The van der Waals surface area contributed by atoms with Crippen LogP contribution in [0.4, 0.5) is 9.52 Å². The molecule has 1 heterocycles. The molecule has 12 heavy (non-hydrogen) atoms. The number of anilines is 1. The van der Waals surface area contributed by atoms with Gasteiger partial charge in [0.2, 0.25) is 11.9 Å². The molecule has 3 nitrogen and oxygen atoms in total. The van der Waals surface area contributed by atoms with Crippen molar-refractivity contribution >= 4 is 34.0 Å². The Bertz CT molecular complexity index is 365. The number of carbonyl (C=O) groups excluding carboxylic acids is 1. The number of halogens is 2. The number of nitrogens with one attached hydrogen (secondary N) is 1. The number of hydrogen-bond acceptors (Lipinski definition) is 3. The Hall–Kier alpha value is -0.680. The molecule has 1 rings (SSSR count). The molecular weight excluding hydrogens is 203 g/mol. The highest BCUT2D eigenvalue weighted by atomic mass is 35.5. The Morgan fingerprint density at radius 2 is 2.67 bits per heavy atom. The summed E-state index contributed by atoms with van der Waals surface area (Å²) < 4.78 is 27.1. The number of amides is 1. The molecule has 0 aliphatic heterocycles. The van der Waals surface area contributed by atoms with E-state index in [9.17, 15) is 9.18 Å². The molecule has 0 aliphatic rings. The minimum absolute atomic E-state index is 0.00507. The molecule has 0 aromatic carbocycles. The first kappa shape index (κ1) is 6.80. The van der Waals surface area contributed by atoms with Gasteiger partial charge >= 0.3 is 0 Å². The Kier molecular flexibility index (Phi) is 2.16. The summed E-state index contributed by atoms with van der Waals surface area (Å²) in [7, 11) is 0. The first-order valence-corrected chi connectivity index (χ1v) is 4.13. The summed E-state index contributed by atoms with van der Waals surface area (Å²) in [4.78, 5) is 13.6. The lowest BCUT2D eigenvalue weighted by atomic mass is 10.6. The third-order valence-corrected chi connectivity index (χ3v) is 2.12. The third kappa shape index (κ3) is 2.15. The molecule has 0 spiro atoms. The van der Waals surface area contributed by atoms with Gasteiger partial charge in [0.15, 0.2) is 5.13 Å². The molecule has 0 radical (unpaired) electrons. The van der Waals surface area contributed by atoms with Crippen LogP contribution in [0.25, 0.3) is 0 Å². The zero-order valence-electron chi connectivity index (χ0n) is 8.02. The lowest BCUT2D eigenvalue weighted by Gasteiger charge is -1.91. The van der Waals surface area contributed by atoms with Gasteiger partial charge in [-0.25, -0.2) is 0 Å². The second-order valence-corrected chi connectivity index (χ2v) is 3.10. The van der Waals surface area contributed by atoms with E-state index in [0.29, 0.717) is 11.3 Å². The number of aromatic nitrogens is 1. The van der Waals surface area contributed by atoms with E-state index in [2.05, 4.69) is 10.3 Å². The van der Waals surface area contributed by atoms with Crippen LogP contribution >= 0.6 is 22.9 Å². The highest BCUT2D eigenvalue weighted by Crippen LogP contribution is 2.22. The van der Waals surface area contributed by atoms with Gasteiger partial charge < -0.3 is 5.32 Å². The zero-order chi connectivity index (χ0) is 10.9. The average molecular weight is 211 g/mol. The van der Waals surface area contributed by atoms with Gasteiger partial charge in [-0.2, -0.15) is 9.37 Å². The van der Waals surface area contributed by atoms with Gasteiger partial charge in [-0.3, -0.25) is 4.79 Å². The van der Waals surface area contributed by atoms with Gasteiger partial charge in [-0.1, -0.05) is 11.3 Å². The van der Waals surface area contributed by atoms with Crippen LogP contribution in [0.3, 0.4) is 0 Å². The summed E-state index contributed by atoms with van der Waals surface area (Å²) in [6.45, 7) is 1.24. The van der Waals surface area contributed by atoms with E-state index in [0.717, 1.165) is 0 Å². The van der Waals surface area contributed by atoms with E-state index in [4.69, 9.17) is 14.3 Å². The third-order valence-electron chi connectivity index (χ3n) is 0.955. The molecule has 1 aromatic rings. The summed E-state index contributed by atoms with van der Waals surface area (Å²) in [5.74, 6) is -3.71. The quantitative estimate of drug-likeness (QED) is 0.759. The number of thiazole rings is 1. The second kappa shape index (κ2) is 3.82. The lowest BCUT2D eigenvalue weighted by molar-refractivity contribution is -0.114. The van der Waals surface area contributed by atoms with Crippen molar-refractivity contribution in [3.63, 3.8) is 0 Å². The van der Waals surface area contributed by atoms with Crippen molar-refractivity contribution in [2.45, 2.75) is 12.8 Å². The van der Waals surface area contributed by atoms with Crippen molar-refractivity contribution in [1.29, 1.82) is 0 Å². The maximum absolute atomic E-state index is 13.0. The van der Waals surface area contributed by atoms with Crippen molar-refractivity contribution in [2.24, 2.45) is 0 Å². The Balaban J connectivity index is 2.99. The molecule has 0 aliphatic carbocycles. The molecule has 0 atom stereocenters. The monoisotopic (exact) mass is 210 g/mol. The Morgan fingerprint density at radius 1 is 2.00 bits per heavy atom. The van der Waals surface area contributed by atoms with Crippen molar-refractivity contribution in [1.82, 2.24) is 4.98 Å². The molecule has 1 amide bonds. The van der Waals surface area contributed by atoms with Gasteiger partial charge in [0, 0.05) is 9.67 Å². The molecule has 0 bridgehead atoms. The molecular formula is C6H6ClFN2OS. The number of nitrogens with zero attached hydrogens (tertiary/aromatic N) is 1. The largest absolute Gasteiger partial charge is 0.302 e. The maximum atomic E-state index is 13.0. The van der Waals surface area contributed by atoms with Crippen LogP contribution in [0.5, 0.6) is 0 Å². The maximum Gasteiger partial charge on any atom is 0.230 e. The molecule has 0 unspecified atom stereocenters. The molecule has 6 heteroatoms. The van der Waals surface area contributed by atoms with Crippen molar-refractivity contribution in [3.05, 3.63) is 10.8 Å². The molecule has 66 valence electrons. The van der Waals surface area contributed by atoms with Crippen molar-refractivity contribution < 1.29 is 11.9 Å². The fourth-order valence-electron chi connectivity index (χ4n) is 0.564. The van der Waals surface area contributed by atoms with Gasteiger partial charge in [-0.05, 0) is 0 Å². The predicted octanol–water partition coefficient (Wildman–Crippen LogP) is 1.98. The number of hydrogen-bond donors (Lipinski definition) is 1. The topological polar surface area (TPSA) is 42.0 Å². The standard InChI is InChI=1S/C6H6ClFN2OS/c1-3(11)9-6-10-5(8)4(2-7)12-6/h2H2,1H3,(H,9,10,11)/i2D2. The van der Waals surface area contributed by atoms with E-state index >= 15 is 0 Å². The fraction of sp³-hybridized carbons (Fsp3) is 0.333. The van der Waals surface area contributed by atoms with Gasteiger partial charge in [0.25, 0.3) is 0 Å². The van der Waals surface area contributed by atoms with Gasteiger partial charge in [0.05, 0.1) is 10.7 Å². The molecule has 1 N–H and O–H groups in total. The summed E-state index contributed by atoms with van der Waals surface area (Å²) in [6, 6.07) is 0. The predicted molar refractivity (Wildman–Crippen MR) is 45.9 cm³/mol. The van der Waals surface area contributed by atoms with E-state index in [1.165, 1.54) is 6.92 Å². The van der Waals surface area contributed by atoms with Crippen LogP contribution < -0.4 is 5.32 Å². The van der Waals surface area contributed by atoms with Crippen LogP contribution in [0.1, 0.15) is 14.5 Å². The second-order valence-electron chi connectivity index (χ2n) is 1.91. The Labute approximate surface area is 80.4 Å². The van der Waals surface area contributed by atoms with Crippen LogP contribution in [0.15, 0.2) is 0 Å². The lowest BCUT2D eigenvalue weighted by Crippen LogP contribution is -2.04.